The zero-order chi connectivity index (χ0) is 18.3. The predicted molar refractivity (Wildman–Crippen MR) is 123 cm³/mol. The Balaban J connectivity index is 0.00000338. The maximum Gasteiger partial charge on any atom is 0.211 e. The van der Waals surface area contributed by atoms with Crippen molar-refractivity contribution in [2.45, 2.75) is 56.7 Å². The molecule has 0 amide bonds. The van der Waals surface area contributed by atoms with E-state index in [1.54, 1.807) is 4.31 Å². The van der Waals surface area contributed by atoms with Crippen molar-refractivity contribution in [3.63, 3.8) is 0 Å². The highest BCUT2D eigenvalue weighted by Gasteiger charge is 2.26. The third-order valence-electron chi connectivity index (χ3n) is 5.19. The zero-order valence-corrected chi connectivity index (χ0v) is 20.2. The summed E-state index contributed by atoms with van der Waals surface area (Å²) < 4.78 is 24.7. The monoisotopic (exact) mass is 518 g/mol. The van der Waals surface area contributed by atoms with Gasteiger partial charge >= 0.3 is 0 Å². The Morgan fingerprint density at radius 3 is 2.50 bits per heavy atom. The van der Waals surface area contributed by atoms with Crippen LogP contribution in [0.5, 0.6) is 0 Å². The van der Waals surface area contributed by atoms with Crippen LogP contribution in [0.15, 0.2) is 4.99 Å². The standard InChI is InChI=1S/C17H34N4O2S2.HI/c1-4-24-16-7-5-6-15(12-16)20-17(18-2)19-13-14-8-10-21(11-9-14)25(3,22)23;/h14-16H,4-13H2,1-3H3,(H2,18,19,20);1H. The minimum absolute atomic E-state index is 0. The smallest absolute Gasteiger partial charge is 0.211 e. The number of hydrogen-bond donors (Lipinski definition) is 2. The van der Waals surface area contributed by atoms with Gasteiger partial charge in [-0.05, 0) is 43.8 Å². The van der Waals surface area contributed by atoms with Gasteiger partial charge < -0.3 is 10.6 Å². The van der Waals surface area contributed by atoms with Gasteiger partial charge in [0.1, 0.15) is 0 Å². The number of nitrogens with one attached hydrogen (secondary N) is 2. The number of hydrogen-bond acceptors (Lipinski definition) is 4. The van der Waals surface area contributed by atoms with Crippen LogP contribution in [0.2, 0.25) is 0 Å². The number of nitrogens with zero attached hydrogens (tertiary/aromatic N) is 2. The number of guanidine groups is 1. The second kappa shape index (κ2) is 12.0. The summed E-state index contributed by atoms with van der Waals surface area (Å²) in [6, 6.07) is 0.510. The number of halogens is 1. The van der Waals surface area contributed by atoms with Gasteiger partial charge in [0, 0.05) is 38.0 Å². The van der Waals surface area contributed by atoms with E-state index in [0.29, 0.717) is 25.0 Å². The highest BCUT2D eigenvalue weighted by Crippen LogP contribution is 2.28. The molecule has 0 radical (unpaired) electrons. The fraction of sp³-hybridized carbons (Fsp3) is 0.941. The molecule has 26 heavy (non-hydrogen) atoms. The topological polar surface area (TPSA) is 73.8 Å². The van der Waals surface area contributed by atoms with E-state index in [0.717, 1.165) is 30.6 Å². The summed E-state index contributed by atoms with van der Waals surface area (Å²) in [5, 5.41) is 7.81. The van der Waals surface area contributed by atoms with E-state index in [4.69, 9.17) is 0 Å². The number of sulfonamides is 1. The van der Waals surface area contributed by atoms with Gasteiger partial charge in [-0.2, -0.15) is 11.8 Å². The molecule has 2 fully saturated rings. The van der Waals surface area contributed by atoms with Gasteiger partial charge in [-0.25, -0.2) is 12.7 Å². The van der Waals surface area contributed by atoms with Crippen molar-refractivity contribution in [1.29, 1.82) is 0 Å². The van der Waals surface area contributed by atoms with Crippen molar-refractivity contribution in [3.05, 3.63) is 0 Å². The minimum atomic E-state index is -3.04. The molecule has 9 heteroatoms. The molecular formula is C17H35IN4O2S2. The largest absolute Gasteiger partial charge is 0.356 e. The van der Waals surface area contributed by atoms with Crippen molar-refractivity contribution >= 4 is 51.7 Å². The van der Waals surface area contributed by atoms with Gasteiger partial charge in [0.15, 0.2) is 5.96 Å². The third kappa shape index (κ3) is 8.10. The van der Waals surface area contributed by atoms with Crippen LogP contribution in [0.1, 0.15) is 45.4 Å². The lowest BCUT2D eigenvalue weighted by Gasteiger charge is -2.32. The van der Waals surface area contributed by atoms with Gasteiger partial charge in [-0.15, -0.1) is 24.0 Å². The Kier molecular flexibility index (Phi) is 11.2. The first-order chi connectivity index (χ1) is 11.9. The molecule has 154 valence electrons. The molecule has 2 unspecified atom stereocenters. The summed E-state index contributed by atoms with van der Waals surface area (Å²) in [4.78, 5) is 4.37. The molecular weight excluding hydrogens is 483 g/mol. The number of thioether (sulfide) groups is 1. The molecule has 1 saturated heterocycles. The van der Waals surface area contributed by atoms with E-state index in [9.17, 15) is 8.42 Å². The van der Waals surface area contributed by atoms with Crippen molar-refractivity contribution in [3.8, 4) is 0 Å². The fourth-order valence-corrected chi connectivity index (χ4v) is 5.78. The molecule has 0 aromatic rings. The molecule has 0 bridgehead atoms. The predicted octanol–water partition coefficient (Wildman–Crippen LogP) is 2.51. The van der Waals surface area contributed by atoms with Crippen molar-refractivity contribution in [1.82, 2.24) is 14.9 Å². The Morgan fingerprint density at radius 1 is 1.23 bits per heavy atom. The van der Waals surface area contributed by atoms with Gasteiger partial charge in [0.05, 0.1) is 6.26 Å². The number of aliphatic imine (C=N–C) groups is 1. The van der Waals surface area contributed by atoms with Gasteiger partial charge in [-0.3, -0.25) is 4.99 Å². The fourth-order valence-electron chi connectivity index (χ4n) is 3.74. The van der Waals surface area contributed by atoms with Crippen LogP contribution in [-0.2, 0) is 10.0 Å². The van der Waals surface area contributed by atoms with Crippen LogP contribution < -0.4 is 10.6 Å². The highest BCUT2D eigenvalue weighted by atomic mass is 127. The molecule has 1 aliphatic carbocycles. The summed E-state index contributed by atoms with van der Waals surface area (Å²) in [5.41, 5.74) is 0. The van der Waals surface area contributed by atoms with E-state index >= 15 is 0 Å². The molecule has 2 aliphatic rings. The molecule has 1 heterocycles. The molecule has 1 aliphatic heterocycles. The highest BCUT2D eigenvalue weighted by molar-refractivity contribution is 14.0. The number of piperidine rings is 1. The Hall–Kier alpha value is 0.260. The van der Waals surface area contributed by atoms with Gasteiger partial charge in [0.2, 0.25) is 10.0 Å². The second-order valence-corrected chi connectivity index (χ2v) is 10.7. The first kappa shape index (κ1) is 24.3. The van der Waals surface area contributed by atoms with Crippen molar-refractivity contribution in [2.75, 3.05) is 38.7 Å². The van der Waals surface area contributed by atoms with Gasteiger partial charge in [-0.1, -0.05) is 13.3 Å². The first-order valence-corrected chi connectivity index (χ1v) is 12.4. The Morgan fingerprint density at radius 2 is 1.92 bits per heavy atom. The average Bonchev–Trinajstić information content (AvgIpc) is 2.59. The van der Waals surface area contributed by atoms with E-state index in [-0.39, 0.29) is 24.0 Å². The first-order valence-electron chi connectivity index (χ1n) is 9.46. The van der Waals surface area contributed by atoms with Crippen LogP contribution in [0.3, 0.4) is 0 Å². The number of rotatable bonds is 6. The van der Waals surface area contributed by atoms with E-state index in [2.05, 4.69) is 34.3 Å². The summed E-state index contributed by atoms with van der Waals surface area (Å²) >= 11 is 2.07. The lowest BCUT2D eigenvalue weighted by Crippen LogP contribution is -2.48. The second-order valence-electron chi connectivity index (χ2n) is 7.14. The molecule has 2 rings (SSSR count). The molecule has 0 aromatic heterocycles. The molecule has 1 saturated carbocycles. The van der Waals surface area contributed by atoms with Crippen molar-refractivity contribution in [2.24, 2.45) is 10.9 Å². The SMILES string of the molecule is CCSC1CCCC(NC(=NC)NCC2CCN(S(C)(=O)=O)CC2)C1.I. The summed E-state index contributed by atoms with van der Waals surface area (Å²) in [5.74, 6) is 2.58. The van der Waals surface area contributed by atoms with Gasteiger partial charge in [0.25, 0.3) is 0 Å². The summed E-state index contributed by atoms with van der Waals surface area (Å²) in [7, 11) is -1.22. The van der Waals surface area contributed by atoms with Crippen LogP contribution in [0.25, 0.3) is 0 Å². The Bertz CT molecular complexity index is 535. The third-order valence-corrected chi connectivity index (χ3v) is 7.73. The molecule has 2 N–H and O–H groups in total. The molecule has 0 spiro atoms. The minimum Gasteiger partial charge on any atom is -0.356 e. The zero-order valence-electron chi connectivity index (χ0n) is 16.2. The molecule has 6 nitrogen and oxygen atoms in total. The summed E-state index contributed by atoms with van der Waals surface area (Å²) in [6.45, 7) is 4.36. The Labute approximate surface area is 180 Å². The quantitative estimate of drug-likeness (QED) is 0.321. The van der Waals surface area contributed by atoms with Crippen molar-refractivity contribution < 1.29 is 8.42 Å². The van der Waals surface area contributed by atoms with Crippen LogP contribution in [0, 0.1) is 5.92 Å². The lowest BCUT2D eigenvalue weighted by molar-refractivity contribution is 0.274. The van der Waals surface area contributed by atoms with Crippen LogP contribution >= 0.6 is 35.7 Å². The van der Waals surface area contributed by atoms with E-state index < -0.39 is 10.0 Å². The van der Waals surface area contributed by atoms with Crippen LogP contribution in [-0.4, -0.2) is 68.7 Å². The lowest BCUT2D eigenvalue weighted by atomic mass is 9.95. The maximum absolute atomic E-state index is 11.6. The van der Waals surface area contributed by atoms with E-state index in [1.165, 1.54) is 37.7 Å². The van der Waals surface area contributed by atoms with Crippen LogP contribution in [0.4, 0.5) is 0 Å². The average molecular weight is 519 g/mol. The van der Waals surface area contributed by atoms with E-state index in [1.807, 2.05) is 7.05 Å². The summed E-state index contributed by atoms with van der Waals surface area (Å²) in [6.07, 6.45) is 8.18. The normalized spacial score (nSPS) is 26.2. The maximum atomic E-state index is 11.6. The molecule has 0 aromatic carbocycles. The molecule has 2 atom stereocenters.